The molecule has 0 spiro atoms. The molecule has 31 heavy (non-hydrogen) atoms. The van der Waals surface area contributed by atoms with Gasteiger partial charge in [0.15, 0.2) is 19.8 Å². The number of aliphatic hydroxyl groups excluding tert-OH is 1. The third-order valence-electron chi connectivity index (χ3n) is 6.10. The highest BCUT2D eigenvalue weighted by atomic mass is 32.2. The van der Waals surface area contributed by atoms with Crippen LogP contribution < -0.4 is 5.73 Å². The molecule has 13 heteroatoms. The highest BCUT2D eigenvalue weighted by Gasteiger charge is 2.54. The van der Waals surface area contributed by atoms with Crippen LogP contribution >= 0.6 is 0 Å². The quantitative estimate of drug-likeness (QED) is 0.446. The number of rotatable bonds is 7. The normalized spacial score (nSPS) is 25.4. The molecular weight excluding hydrogens is 442 g/mol. The van der Waals surface area contributed by atoms with Crippen molar-refractivity contribution in [1.29, 1.82) is 0 Å². The number of nitrogens with zero attached hydrogens (tertiary/aromatic N) is 4. The van der Waals surface area contributed by atoms with Crippen molar-refractivity contribution in [3.63, 3.8) is 0 Å². The summed E-state index contributed by atoms with van der Waals surface area (Å²) in [6, 6.07) is 0. The van der Waals surface area contributed by atoms with Gasteiger partial charge in [-0.05, 0) is 18.1 Å². The second kappa shape index (κ2) is 8.05. The van der Waals surface area contributed by atoms with Crippen molar-refractivity contribution in [2.45, 2.75) is 63.3 Å². The first-order valence-electron chi connectivity index (χ1n) is 9.93. The standard InChI is InChI=1S/C18H31N5O6SSi/c1-17(2,3)31(5,6)29-12-7-13(28-18(12,8-24)9-27-30(4,25)26)23-11-22-14-15(19)20-10-21-16(14)23/h10-13,24H,7-9H2,1-6H3,(H2,19,20,21)/t12?,13-,18+/m1/s1. The average Bonchev–Trinajstić information content (AvgIpc) is 3.21. The van der Waals surface area contributed by atoms with Gasteiger partial charge in [0.1, 0.15) is 30.3 Å². The topological polar surface area (TPSA) is 152 Å². The van der Waals surface area contributed by atoms with Crippen LogP contribution in [0.5, 0.6) is 0 Å². The molecule has 0 saturated carbocycles. The summed E-state index contributed by atoms with van der Waals surface area (Å²) in [6.07, 6.45) is 2.94. The molecule has 1 saturated heterocycles. The fourth-order valence-electron chi connectivity index (χ4n) is 3.25. The number of imidazole rings is 1. The molecule has 0 amide bonds. The Bertz CT molecular complexity index is 1050. The Morgan fingerprint density at radius 1 is 1.35 bits per heavy atom. The van der Waals surface area contributed by atoms with Crippen LogP contribution in [-0.4, -0.2) is 72.5 Å². The summed E-state index contributed by atoms with van der Waals surface area (Å²) < 4.78 is 42.9. The van der Waals surface area contributed by atoms with E-state index in [1.54, 1.807) is 4.57 Å². The molecule has 1 fully saturated rings. The van der Waals surface area contributed by atoms with Gasteiger partial charge in [0, 0.05) is 6.42 Å². The summed E-state index contributed by atoms with van der Waals surface area (Å²) in [7, 11) is -6.05. The molecule has 0 aliphatic carbocycles. The van der Waals surface area contributed by atoms with Gasteiger partial charge in [-0.15, -0.1) is 0 Å². The van der Waals surface area contributed by atoms with Gasteiger partial charge in [-0.3, -0.25) is 8.75 Å². The molecule has 11 nitrogen and oxygen atoms in total. The second-order valence-corrected chi connectivity index (χ2v) is 15.8. The van der Waals surface area contributed by atoms with Gasteiger partial charge in [-0.1, -0.05) is 20.8 Å². The summed E-state index contributed by atoms with van der Waals surface area (Å²) in [5.41, 5.74) is 5.42. The SMILES string of the molecule is CC(C)(C)[Si](C)(C)OC1C[C@H](n2cnc3c(N)ncnc32)O[C@@]1(CO)COS(C)(=O)=O. The zero-order valence-electron chi connectivity index (χ0n) is 18.7. The second-order valence-electron chi connectivity index (χ2n) is 9.45. The van der Waals surface area contributed by atoms with E-state index in [-0.39, 0.29) is 17.5 Å². The zero-order chi connectivity index (χ0) is 23.2. The third-order valence-corrected chi connectivity index (χ3v) is 11.1. The number of hydrogen-bond donors (Lipinski definition) is 2. The van der Waals surface area contributed by atoms with Crippen LogP contribution in [0.2, 0.25) is 18.1 Å². The third kappa shape index (κ3) is 4.76. The lowest BCUT2D eigenvalue weighted by Gasteiger charge is -2.42. The van der Waals surface area contributed by atoms with Crippen LogP contribution in [0, 0.1) is 0 Å². The minimum Gasteiger partial charge on any atom is -0.411 e. The van der Waals surface area contributed by atoms with Crippen molar-refractivity contribution in [3.8, 4) is 0 Å². The Kier molecular flexibility index (Phi) is 6.23. The molecule has 3 N–H and O–H groups in total. The van der Waals surface area contributed by atoms with Gasteiger partial charge in [0.2, 0.25) is 0 Å². The maximum Gasteiger partial charge on any atom is 0.264 e. The molecular formula is C18H31N5O6SSi. The van der Waals surface area contributed by atoms with Crippen molar-refractivity contribution in [1.82, 2.24) is 19.5 Å². The minimum absolute atomic E-state index is 0.104. The fraction of sp³-hybridized carbons (Fsp3) is 0.722. The average molecular weight is 474 g/mol. The summed E-state index contributed by atoms with van der Waals surface area (Å²) in [5.74, 6) is 0.240. The first-order chi connectivity index (χ1) is 14.2. The van der Waals surface area contributed by atoms with Crippen molar-refractivity contribution < 1.29 is 26.9 Å². The van der Waals surface area contributed by atoms with Gasteiger partial charge in [0.05, 0.1) is 25.3 Å². The lowest BCUT2D eigenvalue weighted by Crippen LogP contribution is -2.54. The van der Waals surface area contributed by atoms with Crippen molar-refractivity contribution in [2.24, 2.45) is 0 Å². The summed E-state index contributed by atoms with van der Waals surface area (Å²) in [5, 5.41) is 10.2. The molecule has 3 atom stereocenters. The highest BCUT2D eigenvalue weighted by Crippen LogP contribution is 2.45. The number of nitrogen functional groups attached to an aromatic ring is 1. The van der Waals surface area contributed by atoms with Crippen LogP contribution in [0.1, 0.15) is 33.4 Å². The van der Waals surface area contributed by atoms with Gasteiger partial charge < -0.3 is 20.0 Å². The number of aromatic nitrogens is 4. The number of anilines is 1. The first-order valence-corrected chi connectivity index (χ1v) is 14.7. The summed E-state index contributed by atoms with van der Waals surface area (Å²) in [6.45, 7) is 9.61. The number of nitrogens with two attached hydrogens (primary N) is 1. The molecule has 0 aromatic carbocycles. The van der Waals surface area contributed by atoms with Crippen LogP contribution in [0.15, 0.2) is 12.7 Å². The van der Waals surface area contributed by atoms with Gasteiger partial charge in [-0.25, -0.2) is 15.0 Å². The van der Waals surface area contributed by atoms with Crippen LogP contribution in [-0.2, 0) is 23.5 Å². The Hall–Kier alpha value is -1.64. The summed E-state index contributed by atoms with van der Waals surface area (Å²) in [4.78, 5) is 12.5. The number of aliphatic hydroxyl groups is 1. The predicted molar refractivity (Wildman–Crippen MR) is 117 cm³/mol. The Balaban J connectivity index is 2.00. The van der Waals surface area contributed by atoms with E-state index in [1.165, 1.54) is 12.7 Å². The highest BCUT2D eigenvalue weighted by molar-refractivity contribution is 7.85. The minimum atomic E-state index is -3.76. The Labute approximate surface area is 183 Å². The van der Waals surface area contributed by atoms with E-state index in [0.717, 1.165) is 6.26 Å². The monoisotopic (exact) mass is 473 g/mol. The lowest BCUT2D eigenvalue weighted by atomic mass is 9.99. The van der Waals surface area contributed by atoms with Gasteiger partial charge in [0.25, 0.3) is 10.1 Å². The van der Waals surface area contributed by atoms with E-state index in [2.05, 4.69) is 48.8 Å². The molecule has 2 aromatic heterocycles. The molecule has 174 valence electrons. The molecule has 0 bridgehead atoms. The molecule has 3 rings (SSSR count). The van der Waals surface area contributed by atoms with E-state index < -0.39 is 43.0 Å². The van der Waals surface area contributed by atoms with E-state index in [0.29, 0.717) is 17.6 Å². The van der Waals surface area contributed by atoms with E-state index in [9.17, 15) is 13.5 Å². The maximum atomic E-state index is 11.7. The van der Waals surface area contributed by atoms with Gasteiger partial charge in [-0.2, -0.15) is 8.42 Å². The van der Waals surface area contributed by atoms with E-state index >= 15 is 0 Å². The maximum absolute atomic E-state index is 11.7. The van der Waals surface area contributed by atoms with Crippen LogP contribution in [0.25, 0.3) is 11.2 Å². The Morgan fingerprint density at radius 3 is 2.61 bits per heavy atom. The summed E-state index contributed by atoms with van der Waals surface area (Å²) >= 11 is 0. The number of fused-ring (bicyclic) bond motifs is 1. The Morgan fingerprint density at radius 2 is 2.03 bits per heavy atom. The fourth-order valence-corrected chi connectivity index (χ4v) is 5.04. The van der Waals surface area contributed by atoms with Crippen molar-refractivity contribution >= 4 is 35.4 Å². The largest absolute Gasteiger partial charge is 0.411 e. The van der Waals surface area contributed by atoms with Crippen LogP contribution in [0.4, 0.5) is 5.82 Å². The van der Waals surface area contributed by atoms with Crippen molar-refractivity contribution in [2.75, 3.05) is 25.2 Å². The lowest BCUT2D eigenvalue weighted by molar-refractivity contribution is -0.141. The van der Waals surface area contributed by atoms with Crippen molar-refractivity contribution in [3.05, 3.63) is 12.7 Å². The zero-order valence-corrected chi connectivity index (χ0v) is 20.5. The number of ether oxygens (including phenoxy) is 1. The van der Waals surface area contributed by atoms with E-state index in [1.807, 2.05) is 0 Å². The molecule has 3 heterocycles. The molecule has 0 radical (unpaired) electrons. The van der Waals surface area contributed by atoms with Crippen LogP contribution in [0.3, 0.4) is 0 Å². The predicted octanol–water partition coefficient (Wildman–Crippen LogP) is 1.43. The molecule has 2 aromatic rings. The molecule has 1 aliphatic rings. The smallest absolute Gasteiger partial charge is 0.264 e. The number of hydrogen-bond acceptors (Lipinski definition) is 10. The molecule has 1 aliphatic heterocycles. The van der Waals surface area contributed by atoms with E-state index in [4.69, 9.17) is 19.1 Å². The molecule has 1 unspecified atom stereocenters. The van der Waals surface area contributed by atoms with Gasteiger partial charge >= 0.3 is 0 Å². The first kappa shape index (κ1) is 24.0.